The summed E-state index contributed by atoms with van der Waals surface area (Å²) in [4.78, 5) is 4.27. The van der Waals surface area contributed by atoms with Crippen molar-refractivity contribution in [3.63, 3.8) is 0 Å². The van der Waals surface area contributed by atoms with Gasteiger partial charge in [0.2, 0.25) is 0 Å². The van der Waals surface area contributed by atoms with Gasteiger partial charge in [0.05, 0.1) is 6.10 Å². The molecule has 0 aromatic heterocycles. The maximum atomic E-state index is 8.53. The Morgan fingerprint density at radius 3 is 2.12 bits per heavy atom. The molecule has 0 aliphatic carbocycles. The minimum atomic E-state index is -0.169. The summed E-state index contributed by atoms with van der Waals surface area (Å²) in [5.41, 5.74) is 3.57. The van der Waals surface area contributed by atoms with E-state index < -0.39 is 0 Å². The Bertz CT molecular complexity index is 448. The number of hydrogen-bond acceptors (Lipinski definition) is 2. The fraction of sp³-hybridized carbons (Fsp3) is 0.200. The second-order valence-corrected chi connectivity index (χ2v) is 4.18. The lowest BCUT2D eigenvalue weighted by atomic mass is 10.0. The molecular weight excluding hydrogens is 212 g/mol. The van der Waals surface area contributed by atoms with E-state index >= 15 is 0 Å². The first kappa shape index (κ1) is 11.8. The molecule has 0 saturated heterocycles. The van der Waals surface area contributed by atoms with Gasteiger partial charge < -0.3 is 0 Å². The molecule has 88 valence electrons. The van der Waals surface area contributed by atoms with Crippen LogP contribution < -0.4 is 0 Å². The molecule has 1 atom stereocenters. The lowest BCUT2D eigenvalue weighted by Gasteiger charge is -2.08. The van der Waals surface area contributed by atoms with Gasteiger partial charge in [-0.2, -0.15) is 0 Å². The fourth-order valence-electron chi connectivity index (χ4n) is 1.83. The molecule has 2 rings (SSSR count). The first-order chi connectivity index (χ1) is 8.29. The summed E-state index contributed by atoms with van der Waals surface area (Å²) in [5.74, 6) is 0. The maximum absolute atomic E-state index is 8.53. The average molecular weight is 228 g/mol. The zero-order valence-electron chi connectivity index (χ0n) is 9.84. The predicted molar refractivity (Wildman–Crippen MR) is 68.8 cm³/mol. The summed E-state index contributed by atoms with van der Waals surface area (Å²) in [6, 6.07) is 18.6. The molecule has 2 aromatic carbocycles. The minimum Gasteiger partial charge on any atom is -0.252 e. The lowest BCUT2D eigenvalue weighted by Crippen LogP contribution is -2.08. The van der Waals surface area contributed by atoms with Crippen molar-refractivity contribution in [2.24, 2.45) is 0 Å². The van der Waals surface area contributed by atoms with E-state index in [4.69, 9.17) is 5.26 Å². The van der Waals surface area contributed by atoms with Gasteiger partial charge in [0.15, 0.2) is 0 Å². The van der Waals surface area contributed by atoms with Gasteiger partial charge in [-0.1, -0.05) is 54.6 Å². The molecule has 2 nitrogen and oxygen atoms in total. The summed E-state index contributed by atoms with van der Waals surface area (Å²) in [7, 11) is 0. The van der Waals surface area contributed by atoms with E-state index in [1.165, 1.54) is 11.1 Å². The Morgan fingerprint density at radius 1 is 0.941 bits per heavy atom. The van der Waals surface area contributed by atoms with E-state index in [1.54, 1.807) is 0 Å². The van der Waals surface area contributed by atoms with Gasteiger partial charge in [0.25, 0.3) is 0 Å². The maximum Gasteiger partial charge on any atom is 0.0939 e. The van der Waals surface area contributed by atoms with Crippen LogP contribution in [0, 0.1) is 0 Å². The van der Waals surface area contributed by atoms with Crippen molar-refractivity contribution < 1.29 is 10.1 Å². The van der Waals surface area contributed by atoms with Crippen LogP contribution in [0.5, 0.6) is 0 Å². The Kier molecular flexibility index (Phi) is 3.91. The Morgan fingerprint density at radius 2 is 1.53 bits per heavy atom. The topological polar surface area (TPSA) is 29.5 Å². The molecule has 0 heterocycles. The monoisotopic (exact) mass is 228 g/mol. The van der Waals surface area contributed by atoms with Crippen molar-refractivity contribution in [1.82, 2.24) is 0 Å². The number of rotatable bonds is 4. The summed E-state index contributed by atoms with van der Waals surface area (Å²) in [5, 5.41) is 8.53. The minimum absolute atomic E-state index is 0.169. The van der Waals surface area contributed by atoms with Gasteiger partial charge in [-0.15, -0.1) is 0 Å². The summed E-state index contributed by atoms with van der Waals surface area (Å²) < 4.78 is 0. The number of hydrogen-bond donors (Lipinski definition) is 1. The molecule has 0 saturated carbocycles. The molecule has 0 aliphatic rings. The molecule has 2 aromatic rings. The van der Waals surface area contributed by atoms with Crippen LogP contribution in [0.3, 0.4) is 0 Å². The molecule has 0 bridgehead atoms. The molecule has 1 N–H and O–H groups in total. The molecule has 2 heteroatoms. The van der Waals surface area contributed by atoms with E-state index in [1.807, 2.05) is 25.1 Å². The van der Waals surface area contributed by atoms with E-state index in [-0.39, 0.29) is 6.10 Å². The third-order valence-corrected chi connectivity index (χ3v) is 2.76. The average Bonchev–Trinajstić information content (AvgIpc) is 2.40. The van der Waals surface area contributed by atoms with Crippen LogP contribution in [0.1, 0.15) is 12.5 Å². The van der Waals surface area contributed by atoms with Gasteiger partial charge in [0, 0.05) is 6.42 Å². The highest BCUT2D eigenvalue weighted by molar-refractivity contribution is 5.63. The Labute approximate surface area is 101 Å². The first-order valence-corrected chi connectivity index (χ1v) is 5.74. The molecule has 0 fully saturated rings. The molecule has 17 heavy (non-hydrogen) atoms. The van der Waals surface area contributed by atoms with Gasteiger partial charge in [-0.3, -0.25) is 5.26 Å². The third kappa shape index (κ3) is 3.16. The van der Waals surface area contributed by atoms with E-state index in [2.05, 4.69) is 41.3 Å². The highest BCUT2D eigenvalue weighted by Gasteiger charge is 2.03. The zero-order chi connectivity index (χ0) is 12.1. The van der Waals surface area contributed by atoms with Crippen molar-refractivity contribution >= 4 is 0 Å². The summed E-state index contributed by atoms with van der Waals surface area (Å²) in [6.45, 7) is 1.84. The van der Waals surface area contributed by atoms with Crippen molar-refractivity contribution in [2.45, 2.75) is 19.4 Å². The van der Waals surface area contributed by atoms with Crippen LogP contribution >= 0.6 is 0 Å². The largest absolute Gasteiger partial charge is 0.252 e. The molecule has 0 amide bonds. The quantitative estimate of drug-likeness (QED) is 0.637. The molecular formula is C15H16O2. The zero-order valence-corrected chi connectivity index (χ0v) is 9.84. The molecule has 0 radical (unpaired) electrons. The van der Waals surface area contributed by atoms with E-state index in [9.17, 15) is 0 Å². The second kappa shape index (κ2) is 5.62. The van der Waals surface area contributed by atoms with Crippen LogP contribution in [-0.2, 0) is 11.3 Å². The van der Waals surface area contributed by atoms with Gasteiger partial charge in [-0.25, -0.2) is 4.89 Å². The van der Waals surface area contributed by atoms with Crippen LogP contribution in [0.2, 0.25) is 0 Å². The van der Waals surface area contributed by atoms with Crippen molar-refractivity contribution in [3.05, 3.63) is 60.2 Å². The third-order valence-electron chi connectivity index (χ3n) is 2.76. The summed E-state index contributed by atoms with van der Waals surface area (Å²) >= 11 is 0. The molecule has 0 aliphatic heterocycles. The van der Waals surface area contributed by atoms with Crippen LogP contribution in [-0.4, -0.2) is 11.4 Å². The van der Waals surface area contributed by atoms with Gasteiger partial charge >= 0.3 is 0 Å². The second-order valence-electron chi connectivity index (χ2n) is 4.18. The van der Waals surface area contributed by atoms with E-state index in [0.29, 0.717) is 6.42 Å². The highest BCUT2D eigenvalue weighted by atomic mass is 17.1. The Hall–Kier alpha value is -1.64. The summed E-state index contributed by atoms with van der Waals surface area (Å²) in [6.07, 6.45) is 0.545. The standard InChI is InChI=1S/C15H16O2/c1-12(17-16)11-13-7-9-15(10-8-13)14-5-3-2-4-6-14/h2-10,12,16H,11H2,1H3. The van der Waals surface area contributed by atoms with Crippen molar-refractivity contribution in [2.75, 3.05) is 0 Å². The van der Waals surface area contributed by atoms with Crippen LogP contribution in [0.4, 0.5) is 0 Å². The molecule has 0 spiro atoms. The Balaban J connectivity index is 2.13. The molecule has 1 unspecified atom stereocenters. The lowest BCUT2D eigenvalue weighted by molar-refractivity contribution is -0.273. The first-order valence-electron chi connectivity index (χ1n) is 5.74. The van der Waals surface area contributed by atoms with Gasteiger partial charge in [0.1, 0.15) is 0 Å². The SMILES string of the molecule is CC(Cc1ccc(-c2ccccc2)cc1)OO. The van der Waals surface area contributed by atoms with Gasteiger partial charge in [-0.05, 0) is 23.6 Å². The normalized spacial score (nSPS) is 12.4. The smallest absolute Gasteiger partial charge is 0.0939 e. The van der Waals surface area contributed by atoms with Crippen LogP contribution in [0.15, 0.2) is 54.6 Å². The van der Waals surface area contributed by atoms with Crippen molar-refractivity contribution in [1.29, 1.82) is 0 Å². The highest BCUT2D eigenvalue weighted by Crippen LogP contribution is 2.19. The van der Waals surface area contributed by atoms with E-state index in [0.717, 1.165) is 5.56 Å². The predicted octanol–water partition coefficient (Wildman–Crippen LogP) is 3.77. The van der Waals surface area contributed by atoms with Crippen LogP contribution in [0.25, 0.3) is 11.1 Å². The number of benzene rings is 2. The fourth-order valence-corrected chi connectivity index (χ4v) is 1.83. The van der Waals surface area contributed by atoms with Crippen molar-refractivity contribution in [3.8, 4) is 11.1 Å².